The van der Waals surface area contributed by atoms with Gasteiger partial charge in [-0.2, -0.15) is 0 Å². The molecule has 1 amide bonds. The van der Waals surface area contributed by atoms with Gasteiger partial charge in [0.2, 0.25) is 0 Å². The third kappa shape index (κ3) is 5.41. The van der Waals surface area contributed by atoms with Crippen molar-refractivity contribution in [1.29, 1.82) is 0 Å². The molecule has 0 spiro atoms. The predicted octanol–water partition coefficient (Wildman–Crippen LogP) is 3.45. The van der Waals surface area contributed by atoms with Crippen molar-refractivity contribution in [1.82, 2.24) is 4.90 Å². The van der Waals surface area contributed by atoms with Gasteiger partial charge in [-0.15, -0.1) is 0 Å². The first-order valence-electron chi connectivity index (χ1n) is 8.08. The van der Waals surface area contributed by atoms with Crippen molar-refractivity contribution in [2.45, 2.75) is 20.0 Å². The van der Waals surface area contributed by atoms with E-state index in [1.165, 1.54) is 17.0 Å². The Hall–Kier alpha value is -2.69. The first-order valence-corrected chi connectivity index (χ1v) is 8.08. The molecule has 5 heteroatoms. The summed E-state index contributed by atoms with van der Waals surface area (Å²) in [5.74, 6) is -1.16. The van der Waals surface area contributed by atoms with Gasteiger partial charge in [0.25, 0.3) is 5.91 Å². The highest BCUT2D eigenvalue weighted by atomic mass is 19.1. The van der Waals surface area contributed by atoms with Crippen LogP contribution in [0.2, 0.25) is 0 Å². The maximum atomic E-state index is 13.2. The van der Waals surface area contributed by atoms with Gasteiger partial charge in [-0.05, 0) is 41.8 Å². The summed E-state index contributed by atoms with van der Waals surface area (Å²) < 4.78 is 18.5. The molecule has 0 aliphatic heterocycles. The van der Waals surface area contributed by atoms with Crippen LogP contribution in [0.4, 0.5) is 4.39 Å². The van der Waals surface area contributed by atoms with Crippen molar-refractivity contribution < 1.29 is 18.7 Å². The summed E-state index contributed by atoms with van der Waals surface area (Å²) in [4.78, 5) is 25.6. The lowest BCUT2D eigenvalue weighted by molar-refractivity contribution is -0.149. The summed E-state index contributed by atoms with van der Waals surface area (Å²) in [6.07, 6.45) is 0.412. The highest BCUT2D eigenvalue weighted by molar-refractivity contribution is 5.94. The first-order chi connectivity index (χ1) is 11.9. The number of rotatable bonds is 6. The van der Waals surface area contributed by atoms with E-state index in [1.807, 2.05) is 0 Å². The number of carbonyl (C=O) groups is 2. The zero-order valence-electron chi connectivity index (χ0n) is 14.7. The van der Waals surface area contributed by atoms with Crippen molar-refractivity contribution in [2.24, 2.45) is 5.92 Å². The molecule has 2 aromatic rings. The van der Waals surface area contributed by atoms with Crippen LogP contribution in [-0.2, 0) is 22.6 Å². The molecule has 0 saturated carbocycles. The zero-order chi connectivity index (χ0) is 18.4. The Bertz CT molecular complexity index is 758. The summed E-state index contributed by atoms with van der Waals surface area (Å²) in [7, 11) is 3.37. The monoisotopic (exact) mass is 343 g/mol. The number of esters is 1. The van der Waals surface area contributed by atoms with Crippen LogP contribution in [0.1, 0.15) is 28.4 Å². The summed E-state index contributed by atoms with van der Waals surface area (Å²) in [5, 5.41) is 0. The first kappa shape index (κ1) is 18.6. The van der Waals surface area contributed by atoms with E-state index in [0.29, 0.717) is 12.0 Å². The quantitative estimate of drug-likeness (QED) is 0.755. The Kier molecular flexibility index (Phi) is 6.28. The van der Waals surface area contributed by atoms with Gasteiger partial charge in [0.1, 0.15) is 12.4 Å². The third-order valence-corrected chi connectivity index (χ3v) is 3.79. The molecular weight excluding hydrogens is 321 g/mol. The van der Waals surface area contributed by atoms with E-state index in [0.717, 1.165) is 11.1 Å². The topological polar surface area (TPSA) is 46.6 Å². The second kappa shape index (κ2) is 8.42. The standard InChI is InChI=1S/C20H22FNO3/c1-14(10-15-6-5-9-18(21)12-15)20(24)25-13-16-7-4-8-17(11-16)19(23)22(2)3/h4-9,11-12,14H,10,13H2,1-3H3. The van der Waals surface area contributed by atoms with Gasteiger partial charge >= 0.3 is 5.97 Å². The van der Waals surface area contributed by atoms with E-state index in [-0.39, 0.29) is 30.2 Å². The van der Waals surface area contributed by atoms with Gasteiger partial charge in [0.05, 0.1) is 5.92 Å². The van der Waals surface area contributed by atoms with Gasteiger partial charge in [-0.25, -0.2) is 4.39 Å². The number of hydrogen-bond donors (Lipinski definition) is 0. The van der Waals surface area contributed by atoms with E-state index in [4.69, 9.17) is 4.74 Å². The Morgan fingerprint density at radius 1 is 1.08 bits per heavy atom. The Balaban J connectivity index is 1.93. The van der Waals surface area contributed by atoms with E-state index in [1.54, 1.807) is 57.4 Å². The molecule has 132 valence electrons. The fourth-order valence-electron chi connectivity index (χ4n) is 2.45. The normalized spacial score (nSPS) is 11.7. The zero-order valence-corrected chi connectivity index (χ0v) is 14.7. The van der Waals surface area contributed by atoms with Crippen molar-refractivity contribution >= 4 is 11.9 Å². The highest BCUT2D eigenvalue weighted by Gasteiger charge is 2.16. The van der Waals surface area contributed by atoms with Gasteiger partial charge in [0.15, 0.2) is 0 Å². The van der Waals surface area contributed by atoms with Crippen LogP contribution in [0.5, 0.6) is 0 Å². The summed E-state index contributed by atoms with van der Waals surface area (Å²) in [5.41, 5.74) is 2.05. The molecule has 25 heavy (non-hydrogen) atoms. The Labute approximate surface area is 147 Å². The lowest BCUT2D eigenvalue weighted by atomic mass is 10.0. The Morgan fingerprint density at radius 3 is 2.44 bits per heavy atom. The van der Waals surface area contributed by atoms with E-state index >= 15 is 0 Å². The molecule has 1 atom stereocenters. The van der Waals surface area contributed by atoms with Gasteiger partial charge in [-0.3, -0.25) is 9.59 Å². The number of halogens is 1. The maximum absolute atomic E-state index is 13.2. The fourth-order valence-corrected chi connectivity index (χ4v) is 2.45. The second-order valence-corrected chi connectivity index (χ2v) is 6.24. The molecule has 2 aromatic carbocycles. The maximum Gasteiger partial charge on any atom is 0.309 e. The average Bonchev–Trinajstić information content (AvgIpc) is 2.59. The van der Waals surface area contributed by atoms with E-state index < -0.39 is 0 Å². The molecule has 0 aromatic heterocycles. The van der Waals surface area contributed by atoms with Gasteiger partial charge in [-0.1, -0.05) is 31.2 Å². The minimum atomic E-state index is -0.381. The SMILES string of the molecule is CC(Cc1cccc(F)c1)C(=O)OCc1cccc(C(=O)N(C)C)c1. The van der Waals surface area contributed by atoms with E-state index in [9.17, 15) is 14.0 Å². The van der Waals surface area contributed by atoms with Crippen molar-refractivity contribution in [3.63, 3.8) is 0 Å². The second-order valence-electron chi connectivity index (χ2n) is 6.24. The van der Waals surface area contributed by atoms with Crippen LogP contribution in [0.3, 0.4) is 0 Å². The lowest BCUT2D eigenvalue weighted by Gasteiger charge is -2.13. The van der Waals surface area contributed by atoms with Crippen molar-refractivity contribution in [3.8, 4) is 0 Å². The molecule has 0 radical (unpaired) electrons. The largest absolute Gasteiger partial charge is 0.461 e. The van der Waals surface area contributed by atoms with Crippen molar-refractivity contribution in [3.05, 3.63) is 71.0 Å². The number of benzene rings is 2. The van der Waals surface area contributed by atoms with Crippen LogP contribution in [0, 0.1) is 11.7 Å². The average molecular weight is 343 g/mol. The molecule has 2 rings (SSSR count). The molecule has 4 nitrogen and oxygen atoms in total. The van der Waals surface area contributed by atoms with Crippen LogP contribution in [-0.4, -0.2) is 30.9 Å². The summed E-state index contributed by atoms with van der Waals surface area (Å²) in [6, 6.07) is 13.2. The minimum absolute atomic E-state index is 0.0981. The Morgan fingerprint density at radius 2 is 1.76 bits per heavy atom. The molecule has 0 saturated heterocycles. The van der Waals surface area contributed by atoms with Gasteiger partial charge in [0, 0.05) is 19.7 Å². The molecule has 1 unspecified atom stereocenters. The number of ether oxygens (including phenoxy) is 1. The van der Waals surface area contributed by atoms with Gasteiger partial charge < -0.3 is 9.64 Å². The van der Waals surface area contributed by atoms with Crippen LogP contribution >= 0.6 is 0 Å². The number of carbonyl (C=O) groups excluding carboxylic acids is 2. The number of hydrogen-bond acceptors (Lipinski definition) is 3. The molecule has 0 bridgehead atoms. The summed E-state index contributed by atoms with van der Waals surface area (Å²) in [6.45, 7) is 1.85. The summed E-state index contributed by atoms with van der Waals surface area (Å²) >= 11 is 0. The van der Waals surface area contributed by atoms with Crippen LogP contribution in [0.25, 0.3) is 0 Å². The smallest absolute Gasteiger partial charge is 0.309 e. The highest BCUT2D eigenvalue weighted by Crippen LogP contribution is 2.14. The van der Waals surface area contributed by atoms with Crippen LogP contribution < -0.4 is 0 Å². The fraction of sp³-hybridized carbons (Fsp3) is 0.300. The number of nitrogens with zero attached hydrogens (tertiary/aromatic N) is 1. The number of amides is 1. The predicted molar refractivity (Wildman–Crippen MR) is 93.5 cm³/mol. The molecule has 0 aliphatic rings. The molecule has 0 N–H and O–H groups in total. The van der Waals surface area contributed by atoms with Crippen LogP contribution in [0.15, 0.2) is 48.5 Å². The van der Waals surface area contributed by atoms with E-state index in [2.05, 4.69) is 0 Å². The minimum Gasteiger partial charge on any atom is -0.461 e. The molecule has 0 heterocycles. The third-order valence-electron chi connectivity index (χ3n) is 3.79. The van der Waals surface area contributed by atoms with Crippen molar-refractivity contribution in [2.75, 3.05) is 14.1 Å². The molecular formula is C20H22FNO3. The molecule has 0 aliphatic carbocycles. The lowest BCUT2D eigenvalue weighted by Crippen LogP contribution is -2.21. The molecule has 0 fully saturated rings.